The maximum absolute atomic E-state index is 12.4. The van der Waals surface area contributed by atoms with Crippen LogP contribution < -0.4 is 5.32 Å². The molecule has 3 aromatic rings. The van der Waals surface area contributed by atoms with E-state index in [1.54, 1.807) is 10.7 Å². The van der Waals surface area contributed by atoms with E-state index in [4.69, 9.17) is 0 Å². The highest BCUT2D eigenvalue weighted by molar-refractivity contribution is 5.99. The molecule has 0 unspecified atom stereocenters. The van der Waals surface area contributed by atoms with Crippen molar-refractivity contribution in [1.82, 2.24) is 24.4 Å². The zero-order chi connectivity index (χ0) is 16.5. The van der Waals surface area contributed by atoms with Crippen LogP contribution in [0.5, 0.6) is 0 Å². The van der Waals surface area contributed by atoms with Gasteiger partial charge in [0.1, 0.15) is 11.2 Å². The molecular formula is C18H21N5O. The first-order valence-corrected chi connectivity index (χ1v) is 8.28. The van der Waals surface area contributed by atoms with Gasteiger partial charge in [0.25, 0.3) is 5.91 Å². The lowest BCUT2D eigenvalue weighted by Gasteiger charge is -2.28. The molecular weight excluding hydrogens is 302 g/mol. The van der Waals surface area contributed by atoms with Crippen LogP contribution >= 0.6 is 0 Å². The Kier molecular flexibility index (Phi) is 3.82. The third-order valence-electron chi connectivity index (χ3n) is 4.70. The van der Waals surface area contributed by atoms with E-state index in [0.717, 1.165) is 31.7 Å². The molecule has 1 amide bonds. The fourth-order valence-corrected chi connectivity index (χ4v) is 3.38. The number of benzene rings is 1. The van der Waals surface area contributed by atoms with Gasteiger partial charge in [-0.3, -0.25) is 9.69 Å². The lowest BCUT2D eigenvalue weighted by molar-refractivity contribution is 0.0948. The number of aryl methyl sites for hydroxylation is 1. The molecule has 0 fully saturated rings. The van der Waals surface area contributed by atoms with Crippen molar-refractivity contribution >= 4 is 11.6 Å². The number of carbonyl (C=O) groups excluding carboxylic acids is 1. The van der Waals surface area contributed by atoms with Crippen LogP contribution in [0.3, 0.4) is 0 Å². The molecule has 1 N–H and O–H groups in total. The zero-order valence-electron chi connectivity index (χ0n) is 13.8. The number of rotatable bonds is 4. The molecule has 0 bridgehead atoms. The van der Waals surface area contributed by atoms with Crippen molar-refractivity contribution < 1.29 is 4.79 Å². The number of imidazole rings is 1. The van der Waals surface area contributed by atoms with E-state index in [9.17, 15) is 4.79 Å². The van der Waals surface area contributed by atoms with Gasteiger partial charge < -0.3 is 9.88 Å². The van der Waals surface area contributed by atoms with Crippen LogP contribution in [-0.2, 0) is 20.0 Å². The molecule has 0 saturated heterocycles. The van der Waals surface area contributed by atoms with Crippen molar-refractivity contribution in [2.45, 2.75) is 13.0 Å². The van der Waals surface area contributed by atoms with Gasteiger partial charge in [0, 0.05) is 45.6 Å². The van der Waals surface area contributed by atoms with Gasteiger partial charge in [-0.05, 0) is 17.5 Å². The summed E-state index contributed by atoms with van der Waals surface area (Å²) < 4.78 is 3.62. The van der Waals surface area contributed by atoms with Crippen LogP contribution in [0.25, 0.3) is 5.65 Å². The minimum atomic E-state index is -0.0655. The normalized spacial score (nSPS) is 14.7. The van der Waals surface area contributed by atoms with Crippen molar-refractivity contribution in [1.29, 1.82) is 0 Å². The highest BCUT2D eigenvalue weighted by atomic mass is 16.1. The number of aromatic nitrogens is 3. The first-order chi connectivity index (χ1) is 11.7. The summed E-state index contributed by atoms with van der Waals surface area (Å²) in [7, 11) is 1.92. The minimum absolute atomic E-state index is 0.0655. The molecule has 3 heterocycles. The van der Waals surface area contributed by atoms with E-state index in [2.05, 4.69) is 39.6 Å². The van der Waals surface area contributed by atoms with Gasteiger partial charge in [-0.1, -0.05) is 24.3 Å². The van der Waals surface area contributed by atoms with Gasteiger partial charge in [0.05, 0.1) is 6.20 Å². The summed E-state index contributed by atoms with van der Waals surface area (Å²) in [6.45, 7) is 3.50. The number of hydrogen-bond donors (Lipinski definition) is 1. The van der Waals surface area contributed by atoms with E-state index < -0.39 is 0 Å². The SMILES string of the molecule is Cn1ccn2ncc(C(=O)NCCN3CCc4ccccc4C3)c12. The van der Waals surface area contributed by atoms with Gasteiger partial charge in [-0.2, -0.15) is 5.10 Å². The molecule has 6 heteroatoms. The van der Waals surface area contributed by atoms with Crippen molar-refractivity contribution in [3.05, 3.63) is 59.5 Å². The van der Waals surface area contributed by atoms with Crippen LogP contribution in [0.4, 0.5) is 0 Å². The minimum Gasteiger partial charge on any atom is -0.351 e. The number of hydrogen-bond acceptors (Lipinski definition) is 3. The average Bonchev–Trinajstić information content (AvgIpc) is 3.18. The monoisotopic (exact) mass is 323 g/mol. The molecule has 0 radical (unpaired) electrons. The number of nitrogens with zero attached hydrogens (tertiary/aromatic N) is 4. The van der Waals surface area contributed by atoms with E-state index in [-0.39, 0.29) is 5.91 Å². The number of nitrogens with one attached hydrogen (secondary N) is 1. The first-order valence-electron chi connectivity index (χ1n) is 8.28. The number of carbonyl (C=O) groups is 1. The Bertz CT molecular complexity index is 879. The molecule has 124 valence electrons. The van der Waals surface area contributed by atoms with Gasteiger partial charge >= 0.3 is 0 Å². The maximum Gasteiger partial charge on any atom is 0.256 e. The largest absolute Gasteiger partial charge is 0.351 e. The molecule has 0 saturated carbocycles. The molecule has 1 aromatic carbocycles. The predicted octanol–water partition coefficient (Wildman–Crippen LogP) is 1.46. The quantitative estimate of drug-likeness (QED) is 0.791. The topological polar surface area (TPSA) is 54.6 Å². The molecule has 24 heavy (non-hydrogen) atoms. The highest BCUT2D eigenvalue weighted by Gasteiger charge is 2.17. The van der Waals surface area contributed by atoms with Gasteiger partial charge in [0.2, 0.25) is 0 Å². The Morgan fingerprint density at radius 3 is 2.96 bits per heavy atom. The Hall–Kier alpha value is -2.60. The summed E-state index contributed by atoms with van der Waals surface area (Å²) in [5, 5.41) is 7.23. The van der Waals surface area contributed by atoms with Gasteiger partial charge in [-0.25, -0.2) is 4.52 Å². The number of fused-ring (bicyclic) bond motifs is 2. The molecule has 2 aromatic heterocycles. The summed E-state index contributed by atoms with van der Waals surface area (Å²) in [4.78, 5) is 14.8. The summed E-state index contributed by atoms with van der Waals surface area (Å²) in [6, 6.07) is 8.60. The Balaban J connectivity index is 1.35. The van der Waals surface area contributed by atoms with Gasteiger partial charge in [-0.15, -0.1) is 0 Å². The van der Waals surface area contributed by atoms with Crippen LogP contribution in [-0.4, -0.2) is 44.6 Å². The molecule has 1 aliphatic rings. The third-order valence-corrected chi connectivity index (χ3v) is 4.70. The molecule has 1 aliphatic heterocycles. The van der Waals surface area contributed by atoms with Crippen LogP contribution in [0.2, 0.25) is 0 Å². The highest BCUT2D eigenvalue weighted by Crippen LogP contribution is 2.17. The lowest BCUT2D eigenvalue weighted by atomic mass is 10.00. The Morgan fingerprint density at radius 2 is 2.08 bits per heavy atom. The third kappa shape index (κ3) is 2.69. The number of amides is 1. The van der Waals surface area contributed by atoms with E-state index >= 15 is 0 Å². The molecule has 0 atom stereocenters. The van der Waals surface area contributed by atoms with Crippen LogP contribution in [0.15, 0.2) is 42.9 Å². The molecule has 0 spiro atoms. The smallest absolute Gasteiger partial charge is 0.256 e. The molecule has 6 nitrogen and oxygen atoms in total. The first kappa shape index (κ1) is 15.0. The van der Waals surface area contributed by atoms with E-state index in [1.807, 2.05) is 24.0 Å². The fourth-order valence-electron chi connectivity index (χ4n) is 3.38. The summed E-state index contributed by atoms with van der Waals surface area (Å²) >= 11 is 0. The second-order valence-corrected chi connectivity index (χ2v) is 6.29. The lowest BCUT2D eigenvalue weighted by Crippen LogP contribution is -2.37. The van der Waals surface area contributed by atoms with Crippen molar-refractivity contribution in [2.75, 3.05) is 19.6 Å². The Morgan fingerprint density at radius 1 is 1.25 bits per heavy atom. The van der Waals surface area contributed by atoms with Crippen molar-refractivity contribution in [3.8, 4) is 0 Å². The average molecular weight is 323 g/mol. The predicted molar refractivity (Wildman–Crippen MR) is 91.9 cm³/mol. The van der Waals surface area contributed by atoms with E-state index in [1.165, 1.54) is 11.1 Å². The summed E-state index contributed by atoms with van der Waals surface area (Å²) in [5.74, 6) is -0.0655. The van der Waals surface area contributed by atoms with Crippen molar-refractivity contribution in [3.63, 3.8) is 0 Å². The maximum atomic E-state index is 12.4. The standard InChI is InChI=1S/C18H21N5O/c1-21-10-11-23-18(21)16(12-20-23)17(24)19-7-9-22-8-6-14-4-2-3-5-15(14)13-22/h2-5,10-12H,6-9,13H2,1H3,(H,19,24). The van der Waals surface area contributed by atoms with Gasteiger partial charge in [0.15, 0.2) is 0 Å². The zero-order valence-corrected chi connectivity index (χ0v) is 13.8. The van der Waals surface area contributed by atoms with Crippen molar-refractivity contribution in [2.24, 2.45) is 7.05 Å². The van der Waals surface area contributed by atoms with Crippen LogP contribution in [0, 0.1) is 0 Å². The van der Waals surface area contributed by atoms with E-state index in [0.29, 0.717) is 12.1 Å². The summed E-state index contributed by atoms with van der Waals surface area (Å²) in [6.07, 6.45) is 6.45. The molecule has 0 aliphatic carbocycles. The fraction of sp³-hybridized carbons (Fsp3) is 0.333. The second-order valence-electron chi connectivity index (χ2n) is 6.29. The summed E-state index contributed by atoms with van der Waals surface area (Å²) in [5.41, 5.74) is 4.28. The second kappa shape index (κ2) is 6.13. The molecule has 4 rings (SSSR count). The Labute approximate surface area is 140 Å². The van der Waals surface area contributed by atoms with Crippen LogP contribution in [0.1, 0.15) is 21.5 Å².